The second kappa shape index (κ2) is 9.55. The van der Waals surface area contributed by atoms with Gasteiger partial charge in [0.15, 0.2) is 0 Å². The second-order valence-corrected chi connectivity index (χ2v) is 9.54. The number of benzene rings is 3. The van der Waals surface area contributed by atoms with Gasteiger partial charge < -0.3 is 19.3 Å². The number of carbonyl (C=O) groups excluding carboxylic acids is 1. The Labute approximate surface area is 205 Å². The number of amides is 1. The molecule has 0 bridgehead atoms. The van der Waals surface area contributed by atoms with Crippen molar-refractivity contribution in [3.8, 4) is 5.75 Å². The molecule has 0 saturated carbocycles. The highest BCUT2D eigenvalue weighted by Gasteiger charge is 2.35. The number of aromatic nitrogens is 2. The summed E-state index contributed by atoms with van der Waals surface area (Å²) in [6.45, 7) is 7.18. The van der Waals surface area contributed by atoms with E-state index in [0.29, 0.717) is 19.5 Å². The third-order valence-corrected chi connectivity index (χ3v) is 6.67. The largest absolute Gasteiger partial charge is 0.491 e. The Morgan fingerprint density at radius 2 is 1.77 bits per heavy atom. The molecular formula is C29H31N3O3. The van der Waals surface area contributed by atoms with Crippen molar-refractivity contribution in [2.75, 3.05) is 18.1 Å². The van der Waals surface area contributed by atoms with Crippen LogP contribution in [0.4, 0.5) is 5.69 Å². The first-order valence-corrected chi connectivity index (χ1v) is 12.1. The number of rotatable bonds is 7. The molecule has 0 radical (unpaired) electrons. The third kappa shape index (κ3) is 4.80. The predicted molar refractivity (Wildman–Crippen MR) is 138 cm³/mol. The average Bonchev–Trinajstić information content (AvgIpc) is 3.40. The van der Waals surface area contributed by atoms with Crippen LogP contribution in [0.15, 0.2) is 66.7 Å². The first-order chi connectivity index (χ1) is 16.9. The third-order valence-electron chi connectivity index (χ3n) is 6.67. The molecule has 3 aromatic carbocycles. The van der Waals surface area contributed by atoms with Crippen LogP contribution in [0.1, 0.15) is 34.9 Å². The van der Waals surface area contributed by atoms with Gasteiger partial charge in [-0.3, -0.25) is 4.79 Å². The minimum absolute atomic E-state index is 0.0522. The molecule has 2 heterocycles. The van der Waals surface area contributed by atoms with E-state index in [9.17, 15) is 9.90 Å². The summed E-state index contributed by atoms with van der Waals surface area (Å²) >= 11 is 0. The number of hydrogen-bond acceptors (Lipinski definition) is 4. The zero-order chi connectivity index (χ0) is 24.5. The van der Waals surface area contributed by atoms with Crippen LogP contribution in [0.5, 0.6) is 5.75 Å². The molecule has 1 aliphatic heterocycles. The molecule has 1 fully saturated rings. The average molecular weight is 470 g/mol. The van der Waals surface area contributed by atoms with E-state index >= 15 is 0 Å². The van der Waals surface area contributed by atoms with Gasteiger partial charge in [0.05, 0.1) is 17.6 Å². The predicted octanol–water partition coefficient (Wildman–Crippen LogP) is 4.92. The van der Waals surface area contributed by atoms with Crippen molar-refractivity contribution in [3.05, 3.63) is 89.2 Å². The fraction of sp³-hybridized carbons (Fsp3) is 0.310. The van der Waals surface area contributed by atoms with Crippen molar-refractivity contribution in [1.29, 1.82) is 0 Å². The van der Waals surface area contributed by atoms with Gasteiger partial charge in [-0.25, -0.2) is 4.98 Å². The van der Waals surface area contributed by atoms with Crippen molar-refractivity contribution < 1.29 is 14.6 Å². The van der Waals surface area contributed by atoms with Gasteiger partial charge in [-0.15, -0.1) is 0 Å². The maximum atomic E-state index is 12.9. The van der Waals surface area contributed by atoms with Gasteiger partial charge in [0.1, 0.15) is 24.3 Å². The molecule has 4 aromatic rings. The topological polar surface area (TPSA) is 67.6 Å². The van der Waals surface area contributed by atoms with Crippen LogP contribution < -0.4 is 9.64 Å². The zero-order valence-corrected chi connectivity index (χ0v) is 20.4. The van der Waals surface area contributed by atoms with Crippen LogP contribution in [0.3, 0.4) is 0 Å². The van der Waals surface area contributed by atoms with Crippen LogP contribution in [0, 0.1) is 20.8 Å². The number of para-hydroxylation sites is 2. The fourth-order valence-electron chi connectivity index (χ4n) is 4.86. The molecular weight excluding hydrogens is 438 g/mol. The summed E-state index contributed by atoms with van der Waals surface area (Å²) in [6, 6.07) is 22.0. The number of anilines is 1. The summed E-state index contributed by atoms with van der Waals surface area (Å²) in [5.74, 6) is 1.65. The minimum atomic E-state index is -0.725. The SMILES string of the molecule is Cc1ccc(N2C[C@H](c3nc4ccccc4n3C[C@H](O)COc3ccc(C)cc3C)CC2=O)cc1. The Balaban J connectivity index is 1.37. The van der Waals surface area contributed by atoms with Gasteiger partial charge in [-0.2, -0.15) is 0 Å². The number of hydrogen-bond donors (Lipinski definition) is 1. The summed E-state index contributed by atoms with van der Waals surface area (Å²) in [7, 11) is 0. The molecule has 1 aromatic heterocycles. The van der Waals surface area contributed by atoms with E-state index in [2.05, 4.69) is 10.6 Å². The number of fused-ring (bicyclic) bond motifs is 1. The zero-order valence-electron chi connectivity index (χ0n) is 20.4. The summed E-state index contributed by atoms with van der Waals surface area (Å²) in [6.07, 6.45) is -0.329. The standard InChI is InChI=1S/C29H31N3O3/c1-19-8-11-23(12-9-19)31-16-22(15-28(31)34)29-30-25-6-4-5-7-26(25)32(29)17-24(33)18-35-27-13-10-20(2)14-21(27)3/h4-14,22,24,33H,15-18H2,1-3H3/t22-,24+/m1/s1. The first kappa shape index (κ1) is 23.1. The van der Waals surface area contributed by atoms with E-state index in [1.807, 2.05) is 86.3 Å². The maximum absolute atomic E-state index is 12.9. The Hall–Kier alpha value is -3.64. The molecule has 1 aliphatic rings. The van der Waals surface area contributed by atoms with Crippen molar-refractivity contribution in [1.82, 2.24) is 9.55 Å². The molecule has 0 unspecified atom stereocenters. The lowest BCUT2D eigenvalue weighted by atomic mass is 10.1. The Bertz CT molecular complexity index is 1360. The van der Waals surface area contributed by atoms with E-state index in [4.69, 9.17) is 9.72 Å². The monoisotopic (exact) mass is 469 g/mol. The summed E-state index contributed by atoms with van der Waals surface area (Å²) in [5, 5.41) is 10.9. The maximum Gasteiger partial charge on any atom is 0.227 e. The van der Waals surface area contributed by atoms with Crippen LogP contribution in [0.25, 0.3) is 11.0 Å². The molecule has 1 N–H and O–H groups in total. The van der Waals surface area contributed by atoms with Gasteiger partial charge in [-0.05, 0) is 56.7 Å². The van der Waals surface area contributed by atoms with Gasteiger partial charge in [0.2, 0.25) is 5.91 Å². The molecule has 6 heteroatoms. The highest BCUT2D eigenvalue weighted by molar-refractivity contribution is 5.96. The number of imidazole rings is 1. The fourth-order valence-corrected chi connectivity index (χ4v) is 4.86. The smallest absolute Gasteiger partial charge is 0.227 e. The van der Waals surface area contributed by atoms with E-state index in [0.717, 1.165) is 39.4 Å². The van der Waals surface area contributed by atoms with Crippen molar-refractivity contribution >= 4 is 22.6 Å². The molecule has 1 amide bonds. The first-order valence-electron chi connectivity index (χ1n) is 12.1. The normalized spacial score (nSPS) is 16.7. The van der Waals surface area contributed by atoms with E-state index in [1.165, 1.54) is 5.56 Å². The number of aliphatic hydroxyl groups is 1. The molecule has 6 nitrogen and oxygen atoms in total. The molecule has 5 rings (SSSR count). The summed E-state index contributed by atoms with van der Waals surface area (Å²) in [5.41, 5.74) is 6.12. The second-order valence-electron chi connectivity index (χ2n) is 9.54. The molecule has 1 saturated heterocycles. The quantitative estimate of drug-likeness (QED) is 0.417. The summed E-state index contributed by atoms with van der Waals surface area (Å²) < 4.78 is 7.99. The van der Waals surface area contributed by atoms with Crippen molar-refractivity contribution in [2.45, 2.75) is 45.8 Å². The van der Waals surface area contributed by atoms with Gasteiger partial charge >= 0.3 is 0 Å². The lowest BCUT2D eigenvalue weighted by molar-refractivity contribution is -0.117. The number of carbonyl (C=O) groups is 1. The number of aryl methyl sites for hydroxylation is 3. The Morgan fingerprint density at radius 3 is 2.54 bits per heavy atom. The molecule has 2 atom stereocenters. The Morgan fingerprint density at radius 1 is 1.03 bits per heavy atom. The van der Waals surface area contributed by atoms with E-state index in [1.54, 1.807) is 0 Å². The highest BCUT2D eigenvalue weighted by Crippen LogP contribution is 2.33. The minimum Gasteiger partial charge on any atom is -0.491 e. The van der Waals surface area contributed by atoms with Crippen molar-refractivity contribution in [3.63, 3.8) is 0 Å². The number of aliphatic hydroxyl groups excluding tert-OH is 1. The van der Waals surface area contributed by atoms with E-state index in [-0.39, 0.29) is 18.4 Å². The molecule has 0 aliphatic carbocycles. The lowest BCUT2D eigenvalue weighted by Gasteiger charge is -2.19. The molecule has 35 heavy (non-hydrogen) atoms. The number of ether oxygens (including phenoxy) is 1. The number of nitrogens with zero attached hydrogens (tertiary/aromatic N) is 3. The van der Waals surface area contributed by atoms with E-state index < -0.39 is 6.10 Å². The van der Waals surface area contributed by atoms with Crippen LogP contribution in [0.2, 0.25) is 0 Å². The molecule has 180 valence electrons. The van der Waals surface area contributed by atoms with Gasteiger partial charge in [0, 0.05) is 24.6 Å². The van der Waals surface area contributed by atoms with Gasteiger partial charge in [0.25, 0.3) is 0 Å². The van der Waals surface area contributed by atoms with Crippen LogP contribution in [-0.2, 0) is 11.3 Å². The van der Waals surface area contributed by atoms with Crippen molar-refractivity contribution in [2.24, 2.45) is 0 Å². The van der Waals surface area contributed by atoms with Crippen LogP contribution >= 0.6 is 0 Å². The Kier molecular flexibility index (Phi) is 6.31. The van der Waals surface area contributed by atoms with Gasteiger partial charge in [-0.1, -0.05) is 47.5 Å². The lowest BCUT2D eigenvalue weighted by Crippen LogP contribution is -2.26. The summed E-state index contributed by atoms with van der Waals surface area (Å²) in [4.78, 5) is 19.7. The van der Waals surface area contributed by atoms with Crippen LogP contribution in [-0.4, -0.2) is 39.8 Å². The molecule has 0 spiro atoms. The highest BCUT2D eigenvalue weighted by atomic mass is 16.5.